The molecule has 0 aliphatic rings. The maximum Gasteiger partial charge on any atom is 0.261 e. The summed E-state index contributed by atoms with van der Waals surface area (Å²) in [6.07, 6.45) is -1.57. The average molecular weight is 813 g/mol. The first kappa shape index (κ1) is 40.5. The predicted octanol–water partition coefficient (Wildman–Crippen LogP) is 9.12. The fourth-order valence-corrected chi connectivity index (χ4v) is 6.12. The number of amides is 2. The molecule has 5 rings (SSSR count). The van der Waals surface area contributed by atoms with Gasteiger partial charge < -0.3 is 34.7 Å². The van der Waals surface area contributed by atoms with E-state index < -0.39 is 12.2 Å². The number of hydrogen-bond donors (Lipinski definition) is 3. The number of hydrogen-bond acceptors (Lipinski definition) is 7. The zero-order chi connectivity index (χ0) is 38.6. The summed E-state index contributed by atoms with van der Waals surface area (Å²) in [7, 11) is 0. The fraction of sp³-hybridized carbons (Fsp3) is 0.220. The Kier molecular flexibility index (Phi) is 14.7. The number of nitrogens with one attached hydrogen (secondary N) is 2. The molecule has 0 aliphatic carbocycles. The van der Waals surface area contributed by atoms with E-state index in [1.165, 1.54) is 0 Å². The number of halogens is 4. The smallest absolute Gasteiger partial charge is 0.261 e. The van der Waals surface area contributed by atoms with Crippen LogP contribution in [-0.4, -0.2) is 29.1 Å². The highest BCUT2D eigenvalue weighted by molar-refractivity contribution is 6.36. The molecule has 0 heterocycles. The second-order valence-electron chi connectivity index (χ2n) is 12.3. The van der Waals surface area contributed by atoms with Crippen LogP contribution in [0.3, 0.4) is 0 Å². The third-order valence-electron chi connectivity index (χ3n) is 7.97. The van der Waals surface area contributed by atoms with Crippen LogP contribution in [0.1, 0.15) is 41.7 Å². The molecule has 2 atom stereocenters. The Labute approximate surface area is 334 Å². The van der Waals surface area contributed by atoms with Gasteiger partial charge in [-0.15, -0.1) is 0 Å². The molecular formula is C41H38Cl4N2O7. The first-order valence-corrected chi connectivity index (χ1v) is 18.4. The summed E-state index contributed by atoms with van der Waals surface area (Å²) < 4.78 is 23.6. The molecule has 5 aromatic rings. The van der Waals surface area contributed by atoms with E-state index in [2.05, 4.69) is 10.6 Å². The first-order chi connectivity index (χ1) is 25.9. The Bertz CT molecular complexity index is 1940. The molecule has 0 spiro atoms. The van der Waals surface area contributed by atoms with Crippen LogP contribution in [0, 0.1) is 0 Å². The van der Waals surface area contributed by atoms with Crippen molar-refractivity contribution in [3.63, 3.8) is 0 Å². The van der Waals surface area contributed by atoms with Crippen LogP contribution in [-0.2, 0) is 42.5 Å². The monoisotopic (exact) mass is 810 g/mol. The Morgan fingerprint density at radius 2 is 1.00 bits per heavy atom. The second-order valence-corrected chi connectivity index (χ2v) is 14.0. The highest BCUT2D eigenvalue weighted by Crippen LogP contribution is 2.29. The average Bonchev–Trinajstić information content (AvgIpc) is 3.16. The number of rotatable bonds is 17. The van der Waals surface area contributed by atoms with E-state index in [9.17, 15) is 14.7 Å². The summed E-state index contributed by atoms with van der Waals surface area (Å²) in [5, 5.41) is 17.3. The molecule has 0 radical (unpaired) electrons. The van der Waals surface area contributed by atoms with Gasteiger partial charge in [-0.3, -0.25) is 9.59 Å². The van der Waals surface area contributed by atoms with Crippen LogP contribution >= 0.6 is 46.4 Å². The third kappa shape index (κ3) is 12.2. The number of aliphatic hydroxyl groups excluding tert-OH is 1. The summed E-state index contributed by atoms with van der Waals surface area (Å²) in [6.45, 7) is 4.14. The summed E-state index contributed by atoms with van der Waals surface area (Å²) in [6, 6.07) is 30.1. The van der Waals surface area contributed by atoms with Gasteiger partial charge in [-0.2, -0.15) is 0 Å². The SMILES string of the molecule is CC(Oc1ccc(Cl)cc1Cl)C(=O)NCc1cccc(OCc2cc(CO)cc(COc3cccc(CNC(=O)C(C)Oc4ccc(Cl)cc4Cl)c3)c2)c1. The zero-order valence-corrected chi connectivity index (χ0v) is 32.4. The molecule has 2 unspecified atom stereocenters. The van der Waals surface area contributed by atoms with Gasteiger partial charge in [-0.05, 0) is 108 Å². The zero-order valence-electron chi connectivity index (χ0n) is 29.4. The van der Waals surface area contributed by atoms with Crippen molar-refractivity contribution < 1.29 is 33.6 Å². The molecule has 9 nitrogen and oxygen atoms in total. The number of carbonyl (C=O) groups excluding carboxylic acids is 2. The lowest BCUT2D eigenvalue weighted by Gasteiger charge is -2.16. The summed E-state index contributed by atoms with van der Waals surface area (Å²) in [4.78, 5) is 25.4. The van der Waals surface area contributed by atoms with Crippen molar-refractivity contribution in [1.29, 1.82) is 0 Å². The molecule has 3 N–H and O–H groups in total. The van der Waals surface area contributed by atoms with Gasteiger partial charge in [0.25, 0.3) is 11.8 Å². The maximum atomic E-state index is 12.7. The van der Waals surface area contributed by atoms with Gasteiger partial charge >= 0.3 is 0 Å². The summed E-state index contributed by atoms with van der Waals surface area (Å²) in [5.74, 6) is 1.35. The molecule has 2 amide bonds. The Morgan fingerprint density at radius 1 is 0.574 bits per heavy atom. The van der Waals surface area contributed by atoms with Crippen LogP contribution in [0.5, 0.6) is 23.0 Å². The normalized spacial score (nSPS) is 12.0. The molecule has 0 fully saturated rings. The highest BCUT2D eigenvalue weighted by Gasteiger charge is 2.18. The van der Waals surface area contributed by atoms with E-state index in [1.807, 2.05) is 66.7 Å². The lowest BCUT2D eigenvalue weighted by Crippen LogP contribution is -2.35. The molecule has 0 bridgehead atoms. The Hall–Kier alpha value is -4.64. The molecule has 0 saturated heterocycles. The molecule has 13 heteroatoms. The molecule has 0 aromatic heterocycles. The maximum absolute atomic E-state index is 12.7. The van der Waals surface area contributed by atoms with E-state index in [-0.39, 0.29) is 44.7 Å². The number of benzene rings is 5. The molecular weight excluding hydrogens is 774 g/mol. The Morgan fingerprint density at radius 3 is 1.41 bits per heavy atom. The number of carbonyl (C=O) groups is 2. The van der Waals surface area contributed by atoms with E-state index in [0.717, 1.165) is 27.8 Å². The van der Waals surface area contributed by atoms with Crippen molar-refractivity contribution in [2.24, 2.45) is 0 Å². The molecule has 282 valence electrons. The van der Waals surface area contributed by atoms with Crippen molar-refractivity contribution in [1.82, 2.24) is 10.6 Å². The van der Waals surface area contributed by atoms with E-state index in [1.54, 1.807) is 50.2 Å². The molecule has 54 heavy (non-hydrogen) atoms. The minimum absolute atomic E-state index is 0.149. The first-order valence-electron chi connectivity index (χ1n) is 16.9. The third-order valence-corrected chi connectivity index (χ3v) is 9.03. The number of aliphatic hydroxyl groups is 1. The largest absolute Gasteiger partial charge is 0.489 e. The standard InChI is InChI=1S/C41H38Cl4N2O7/c1-25(53-38-11-9-32(42)18-36(38)44)40(49)46-20-27-5-3-7-34(16-27)51-23-30-13-29(22-48)14-31(15-30)24-52-35-8-4-6-28(17-35)21-47-41(50)26(2)54-39-12-10-33(43)19-37(39)45/h3-19,25-26,48H,20-24H2,1-2H3,(H,46,49)(H,47,50). The van der Waals surface area contributed by atoms with Crippen LogP contribution < -0.4 is 29.6 Å². The van der Waals surface area contributed by atoms with E-state index in [0.29, 0.717) is 43.1 Å². The lowest BCUT2D eigenvalue weighted by molar-refractivity contribution is -0.128. The topological polar surface area (TPSA) is 115 Å². The molecule has 0 aliphatic heterocycles. The number of ether oxygens (including phenoxy) is 4. The van der Waals surface area contributed by atoms with Gasteiger partial charge in [0.15, 0.2) is 12.2 Å². The second kappa shape index (κ2) is 19.6. The van der Waals surface area contributed by atoms with Gasteiger partial charge in [0.2, 0.25) is 0 Å². The molecule has 0 saturated carbocycles. The minimum Gasteiger partial charge on any atom is -0.489 e. The highest BCUT2D eigenvalue weighted by atomic mass is 35.5. The van der Waals surface area contributed by atoms with E-state index in [4.69, 9.17) is 65.4 Å². The lowest BCUT2D eigenvalue weighted by atomic mass is 10.1. The van der Waals surface area contributed by atoms with Crippen LogP contribution in [0.4, 0.5) is 0 Å². The van der Waals surface area contributed by atoms with Gasteiger partial charge in [0, 0.05) is 23.1 Å². The Balaban J connectivity index is 1.11. The predicted molar refractivity (Wildman–Crippen MR) is 211 cm³/mol. The van der Waals surface area contributed by atoms with Crippen LogP contribution in [0.25, 0.3) is 0 Å². The van der Waals surface area contributed by atoms with Crippen molar-refractivity contribution in [3.8, 4) is 23.0 Å². The fourth-order valence-electron chi connectivity index (χ4n) is 5.22. The van der Waals surface area contributed by atoms with Crippen molar-refractivity contribution in [2.45, 2.75) is 59.0 Å². The summed E-state index contributed by atoms with van der Waals surface area (Å²) >= 11 is 24.2. The quantitative estimate of drug-likeness (QED) is 0.0859. The van der Waals surface area contributed by atoms with Gasteiger partial charge in [-0.25, -0.2) is 0 Å². The van der Waals surface area contributed by atoms with Crippen molar-refractivity contribution in [2.75, 3.05) is 0 Å². The van der Waals surface area contributed by atoms with Gasteiger partial charge in [-0.1, -0.05) is 82.8 Å². The van der Waals surface area contributed by atoms with Gasteiger partial charge in [0.1, 0.15) is 36.2 Å². The van der Waals surface area contributed by atoms with E-state index >= 15 is 0 Å². The van der Waals surface area contributed by atoms with Crippen LogP contribution in [0.15, 0.2) is 103 Å². The van der Waals surface area contributed by atoms with Gasteiger partial charge in [0.05, 0.1) is 16.7 Å². The van der Waals surface area contributed by atoms with Crippen molar-refractivity contribution >= 4 is 58.2 Å². The molecule has 5 aromatic carbocycles. The van der Waals surface area contributed by atoms with Crippen LogP contribution in [0.2, 0.25) is 20.1 Å². The van der Waals surface area contributed by atoms with Crippen molar-refractivity contribution in [3.05, 3.63) is 151 Å². The minimum atomic E-state index is -0.784. The summed E-state index contributed by atoms with van der Waals surface area (Å²) in [5.41, 5.74) is 4.08.